The molecule has 0 heterocycles. The summed E-state index contributed by atoms with van der Waals surface area (Å²) < 4.78 is 8.55. The van der Waals surface area contributed by atoms with E-state index >= 15 is 0 Å². The molecule has 0 saturated heterocycles. The molecule has 0 spiro atoms. The first-order valence-electron chi connectivity index (χ1n) is 0.730. The minimum atomic E-state index is -5.39. The van der Waals surface area contributed by atoms with E-state index in [1.165, 1.54) is 0 Å². The molecule has 0 aliphatic carbocycles. The molecule has 0 aromatic heterocycles. The molecule has 0 amide bonds. The average molecular weight is 686 g/mol. The molecule has 0 fully saturated rings. The minimum Gasteiger partial charge on any atom is -0.822 e. The Morgan fingerprint density at radius 3 is 0.875 bits per heavy atom. The molecule has 0 aliphatic rings. The van der Waals surface area contributed by atoms with E-state index in [0.29, 0.717) is 0 Å². The second kappa shape index (κ2) is 9.33. The molecular formula is Au3O4P. The largest absolute Gasteiger partial charge is 1.00 e. The quantitative estimate of drug-likeness (QED) is 0.204. The summed E-state index contributed by atoms with van der Waals surface area (Å²) in [6, 6.07) is 0. The molecule has 0 bridgehead atoms. The smallest absolute Gasteiger partial charge is 0.822 e. The topological polar surface area (TPSA) is 86.2 Å². The van der Waals surface area contributed by atoms with Crippen LogP contribution >= 0.6 is 7.82 Å². The molecule has 62 valence electrons. The fourth-order valence-electron chi connectivity index (χ4n) is 0. The van der Waals surface area contributed by atoms with Crippen molar-refractivity contribution in [1.82, 2.24) is 0 Å². The molecule has 0 radical (unpaired) electrons. The van der Waals surface area contributed by atoms with Crippen LogP contribution in [-0.4, -0.2) is 0 Å². The van der Waals surface area contributed by atoms with Crippen LogP contribution < -0.4 is 14.7 Å². The van der Waals surface area contributed by atoms with Gasteiger partial charge < -0.3 is 19.2 Å². The number of phosphoric acid groups is 1. The average Bonchev–Trinajstić information content (AvgIpc) is 0.722. The van der Waals surface area contributed by atoms with E-state index in [1.54, 1.807) is 0 Å². The standard InChI is InChI=1S/3Au.H3O4P/c;;;1-5(2,3)4/h;;;(H3,1,2,3,4)/q3*+1;/p-3. The summed E-state index contributed by atoms with van der Waals surface area (Å²) in [6.07, 6.45) is 0. The van der Waals surface area contributed by atoms with Gasteiger partial charge in [-0.05, 0) is 0 Å². The van der Waals surface area contributed by atoms with Gasteiger partial charge in [0.2, 0.25) is 0 Å². The summed E-state index contributed by atoms with van der Waals surface area (Å²) in [5, 5.41) is 0. The van der Waals surface area contributed by atoms with E-state index in [9.17, 15) is 0 Å². The Hall–Kier alpha value is 2.33. The molecule has 0 saturated carbocycles. The third-order valence-corrected chi connectivity index (χ3v) is 0. The van der Waals surface area contributed by atoms with Gasteiger partial charge in [-0.1, -0.05) is 0 Å². The number of hydrogen-bond acceptors (Lipinski definition) is 4. The summed E-state index contributed by atoms with van der Waals surface area (Å²) >= 11 is 0. The second-order valence-electron chi connectivity index (χ2n) is 0.447. The molecule has 0 unspecified atom stereocenters. The molecule has 8 heavy (non-hydrogen) atoms. The molecular weight excluding hydrogens is 686 g/mol. The van der Waals surface area contributed by atoms with Crippen LogP contribution in [0, 0.1) is 0 Å². The number of rotatable bonds is 0. The van der Waals surface area contributed by atoms with Crippen LogP contribution in [0.1, 0.15) is 0 Å². The summed E-state index contributed by atoms with van der Waals surface area (Å²) in [5.41, 5.74) is 0. The predicted molar refractivity (Wildman–Crippen MR) is 7.61 cm³/mol. The second-order valence-corrected chi connectivity index (χ2v) is 1.34. The van der Waals surface area contributed by atoms with E-state index in [0.717, 1.165) is 0 Å². The first kappa shape index (κ1) is 22.4. The zero-order chi connectivity index (χ0) is 4.50. The van der Waals surface area contributed by atoms with Crippen molar-refractivity contribution in [1.29, 1.82) is 0 Å². The van der Waals surface area contributed by atoms with Crippen LogP contribution in [0.4, 0.5) is 0 Å². The summed E-state index contributed by atoms with van der Waals surface area (Å²) in [6.45, 7) is 0. The maximum atomic E-state index is 8.55. The van der Waals surface area contributed by atoms with Crippen molar-refractivity contribution in [3.63, 3.8) is 0 Å². The molecule has 8 heteroatoms. The van der Waals surface area contributed by atoms with Gasteiger partial charge in [0.25, 0.3) is 0 Å². The van der Waals surface area contributed by atoms with E-state index in [4.69, 9.17) is 19.2 Å². The first-order chi connectivity index (χ1) is 2.00. The Kier molecular flexibility index (Phi) is 26.2. The Balaban J connectivity index is -0.0000000267. The van der Waals surface area contributed by atoms with Crippen molar-refractivity contribution in [3.05, 3.63) is 0 Å². The maximum absolute atomic E-state index is 8.55. The Morgan fingerprint density at radius 1 is 0.875 bits per heavy atom. The fourth-order valence-corrected chi connectivity index (χ4v) is 0. The van der Waals surface area contributed by atoms with Gasteiger partial charge in [0, 0.05) is 0 Å². The van der Waals surface area contributed by atoms with Crippen LogP contribution in [0.2, 0.25) is 0 Å². The fraction of sp³-hybridized carbons (Fsp3) is 0. The molecule has 0 aromatic rings. The third-order valence-electron chi connectivity index (χ3n) is 0. The van der Waals surface area contributed by atoms with Crippen molar-refractivity contribution in [2.24, 2.45) is 0 Å². The van der Waals surface area contributed by atoms with Gasteiger partial charge in [0.15, 0.2) is 0 Å². The number of hydrogen-bond donors (Lipinski definition) is 0. The van der Waals surface area contributed by atoms with Crippen LogP contribution in [0.25, 0.3) is 0 Å². The van der Waals surface area contributed by atoms with Gasteiger partial charge in [-0.15, -0.1) is 0 Å². The molecule has 0 aliphatic heterocycles. The molecule has 0 atom stereocenters. The van der Waals surface area contributed by atoms with E-state index in [2.05, 4.69) is 0 Å². The van der Waals surface area contributed by atoms with Crippen molar-refractivity contribution in [2.75, 3.05) is 0 Å². The van der Waals surface area contributed by atoms with Crippen molar-refractivity contribution in [2.45, 2.75) is 0 Å². The zero-order valence-electron chi connectivity index (χ0n) is 2.98. The molecule has 0 aromatic carbocycles. The van der Waals surface area contributed by atoms with E-state index in [1.807, 2.05) is 0 Å². The van der Waals surface area contributed by atoms with Gasteiger partial charge in [0.1, 0.15) is 0 Å². The maximum Gasteiger partial charge on any atom is 1.00 e. The van der Waals surface area contributed by atoms with Crippen LogP contribution in [0.15, 0.2) is 0 Å². The van der Waals surface area contributed by atoms with Gasteiger partial charge in [-0.3, -0.25) is 0 Å². The summed E-state index contributed by atoms with van der Waals surface area (Å²) in [5.74, 6) is 0. The molecule has 0 rings (SSSR count). The zero-order valence-corrected chi connectivity index (χ0v) is 10.4. The molecule has 4 nitrogen and oxygen atoms in total. The third kappa shape index (κ3) is 82.4. The summed E-state index contributed by atoms with van der Waals surface area (Å²) in [7, 11) is -5.39. The Morgan fingerprint density at radius 2 is 0.875 bits per heavy atom. The van der Waals surface area contributed by atoms with Crippen molar-refractivity contribution < 1.29 is 86.4 Å². The van der Waals surface area contributed by atoms with Crippen LogP contribution in [0.3, 0.4) is 0 Å². The van der Waals surface area contributed by atoms with Crippen molar-refractivity contribution in [3.8, 4) is 0 Å². The first-order valence-corrected chi connectivity index (χ1v) is 2.19. The molecule has 0 N–H and O–H groups in total. The van der Waals surface area contributed by atoms with Gasteiger partial charge >= 0.3 is 67.1 Å². The minimum absolute atomic E-state index is 0. The van der Waals surface area contributed by atoms with Gasteiger partial charge in [0.05, 0.1) is 0 Å². The normalized spacial score (nSPS) is 7.38. The van der Waals surface area contributed by atoms with Gasteiger partial charge in [-0.25, -0.2) is 0 Å². The van der Waals surface area contributed by atoms with Crippen LogP contribution in [0.5, 0.6) is 0 Å². The summed E-state index contributed by atoms with van der Waals surface area (Å²) in [4.78, 5) is 25.6. The van der Waals surface area contributed by atoms with Gasteiger partial charge in [-0.2, -0.15) is 7.82 Å². The Bertz CT molecular complexity index is 57.4. The Labute approximate surface area is 93.2 Å². The van der Waals surface area contributed by atoms with E-state index in [-0.39, 0.29) is 67.1 Å². The monoisotopic (exact) mass is 686 g/mol. The van der Waals surface area contributed by atoms with Crippen molar-refractivity contribution >= 4 is 7.82 Å². The van der Waals surface area contributed by atoms with E-state index < -0.39 is 7.82 Å². The SMILES string of the molecule is O=P([O-])([O-])[O-].[Au+].[Au+].[Au+]. The van der Waals surface area contributed by atoms with Crippen LogP contribution in [-0.2, 0) is 71.7 Å². The predicted octanol–water partition coefficient (Wildman–Crippen LogP) is -2.83.